The van der Waals surface area contributed by atoms with Crippen LogP contribution in [0.4, 0.5) is 0 Å². The molecule has 0 atom stereocenters. The van der Waals surface area contributed by atoms with Crippen molar-refractivity contribution in [2.45, 2.75) is 26.3 Å². The van der Waals surface area contributed by atoms with E-state index >= 15 is 0 Å². The third-order valence-corrected chi connectivity index (χ3v) is 1.56. The van der Waals surface area contributed by atoms with Gasteiger partial charge in [-0.3, -0.25) is 14.8 Å². The summed E-state index contributed by atoms with van der Waals surface area (Å²) in [7, 11) is 0. The van der Waals surface area contributed by atoms with E-state index in [-0.39, 0.29) is 5.91 Å². The maximum atomic E-state index is 11.1. The van der Waals surface area contributed by atoms with Crippen LogP contribution >= 0.6 is 0 Å². The second-order valence-electron chi connectivity index (χ2n) is 2.72. The summed E-state index contributed by atoms with van der Waals surface area (Å²) in [6.45, 7) is 2.44. The van der Waals surface area contributed by atoms with E-state index in [0.717, 1.165) is 12.1 Å². The Balaban J connectivity index is 2.31. The van der Waals surface area contributed by atoms with Crippen LogP contribution in [0.2, 0.25) is 0 Å². The van der Waals surface area contributed by atoms with E-state index in [2.05, 4.69) is 15.3 Å². The fourth-order valence-corrected chi connectivity index (χ4v) is 0.926. The zero-order valence-corrected chi connectivity index (χ0v) is 7.66. The molecule has 0 aliphatic carbocycles. The lowest BCUT2D eigenvalue weighted by Crippen LogP contribution is -2.22. The summed E-state index contributed by atoms with van der Waals surface area (Å²) < 4.78 is 0. The standard InChI is InChI=1S/C9H13N3O/c1-2-3-9(13)12-7-8-6-10-4-5-11-8/h4-6H,2-3,7H2,1H3,(H,12,13). The largest absolute Gasteiger partial charge is 0.350 e. The highest BCUT2D eigenvalue weighted by Crippen LogP contribution is 1.91. The van der Waals surface area contributed by atoms with Gasteiger partial charge in [0.1, 0.15) is 0 Å². The first-order valence-corrected chi connectivity index (χ1v) is 4.34. The fraction of sp³-hybridized carbons (Fsp3) is 0.444. The number of amides is 1. The molecule has 1 N–H and O–H groups in total. The smallest absolute Gasteiger partial charge is 0.220 e. The van der Waals surface area contributed by atoms with Crippen LogP contribution in [-0.2, 0) is 11.3 Å². The van der Waals surface area contributed by atoms with Crippen molar-refractivity contribution >= 4 is 5.91 Å². The Bertz CT molecular complexity index is 261. The Labute approximate surface area is 77.4 Å². The summed E-state index contributed by atoms with van der Waals surface area (Å²) >= 11 is 0. The van der Waals surface area contributed by atoms with Crippen molar-refractivity contribution in [3.8, 4) is 0 Å². The molecule has 1 rings (SSSR count). The van der Waals surface area contributed by atoms with Gasteiger partial charge in [0.25, 0.3) is 0 Å². The Hall–Kier alpha value is -1.45. The number of nitrogens with zero attached hydrogens (tertiary/aromatic N) is 2. The summed E-state index contributed by atoms with van der Waals surface area (Å²) in [6, 6.07) is 0. The normalized spacial score (nSPS) is 9.62. The number of carbonyl (C=O) groups is 1. The summed E-state index contributed by atoms with van der Waals surface area (Å²) in [5.74, 6) is 0.0631. The van der Waals surface area contributed by atoms with Crippen LogP contribution in [0.3, 0.4) is 0 Å². The summed E-state index contributed by atoms with van der Waals surface area (Å²) in [5, 5.41) is 2.76. The third-order valence-electron chi connectivity index (χ3n) is 1.56. The van der Waals surface area contributed by atoms with Gasteiger partial charge in [0.05, 0.1) is 18.4 Å². The Morgan fingerprint density at radius 1 is 1.54 bits per heavy atom. The lowest BCUT2D eigenvalue weighted by atomic mass is 10.3. The summed E-state index contributed by atoms with van der Waals surface area (Å²) in [5.41, 5.74) is 0.784. The molecule has 1 aromatic heterocycles. The summed E-state index contributed by atoms with van der Waals surface area (Å²) in [6.07, 6.45) is 6.30. The fourth-order valence-electron chi connectivity index (χ4n) is 0.926. The molecule has 4 heteroatoms. The zero-order valence-electron chi connectivity index (χ0n) is 7.66. The maximum absolute atomic E-state index is 11.1. The van der Waals surface area contributed by atoms with Gasteiger partial charge in [0.2, 0.25) is 5.91 Å². The highest BCUT2D eigenvalue weighted by molar-refractivity contribution is 5.75. The number of hydrogen-bond acceptors (Lipinski definition) is 3. The van der Waals surface area contributed by atoms with Crippen LogP contribution in [0.1, 0.15) is 25.5 Å². The summed E-state index contributed by atoms with van der Waals surface area (Å²) in [4.78, 5) is 19.0. The average Bonchev–Trinajstić information content (AvgIpc) is 2.17. The van der Waals surface area contributed by atoms with E-state index in [9.17, 15) is 4.79 Å². The van der Waals surface area contributed by atoms with E-state index in [1.54, 1.807) is 18.6 Å². The van der Waals surface area contributed by atoms with Crippen molar-refractivity contribution in [3.63, 3.8) is 0 Å². The topological polar surface area (TPSA) is 54.9 Å². The molecule has 4 nitrogen and oxygen atoms in total. The molecule has 0 radical (unpaired) electrons. The van der Waals surface area contributed by atoms with E-state index in [1.807, 2.05) is 6.92 Å². The lowest BCUT2D eigenvalue weighted by molar-refractivity contribution is -0.121. The molecular weight excluding hydrogens is 166 g/mol. The highest BCUT2D eigenvalue weighted by Gasteiger charge is 1.99. The molecule has 0 unspecified atom stereocenters. The van der Waals surface area contributed by atoms with Gasteiger partial charge in [-0.1, -0.05) is 6.92 Å². The minimum Gasteiger partial charge on any atom is -0.350 e. The molecule has 1 aromatic rings. The van der Waals surface area contributed by atoms with Crippen LogP contribution in [0.25, 0.3) is 0 Å². The minimum absolute atomic E-state index is 0.0631. The van der Waals surface area contributed by atoms with Crippen molar-refractivity contribution in [2.24, 2.45) is 0 Å². The van der Waals surface area contributed by atoms with Gasteiger partial charge in [-0.2, -0.15) is 0 Å². The van der Waals surface area contributed by atoms with Crippen LogP contribution in [-0.4, -0.2) is 15.9 Å². The number of nitrogens with one attached hydrogen (secondary N) is 1. The van der Waals surface area contributed by atoms with Gasteiger partial charge in [-0.15, -0.1) is 0 Å². The molecule has 1 amide bonds. The van der Waals surface area contributed by atoms with Crippen molar-refractivity contribution in [3.05, 3.63) is 24.3 Å². The Kier molecular flexibility index (Phi) is 3.88. The number of aromatic nitrogens is 2. The van der Waals surface area contributed by atoms with Crippen molar-refractivity contribution in [1.29, 1.82) is 0 Å². The zero-order chi connectivity index (χ0) is 9.52. The number of hydrogen-bond donors (Lipinski definition) is 1. The van der Waals surface area contributed by atoms with Gasteiger partial charge in [-0.05, 0) is 6.42 Å². The van der Waals surface area contributed by atoms with Gasteiger partial charge >= 0.3 is 0 Å². The maximum Gasteiger partial charge on any atom is 0.220 e. The average molecular weight is 179 g/mol. The molecule has 0 saturated heterocycles. The van der Waals surface area contributed by atoms with Crippen LogP contribution < -0.4 is 5.32 Å². The molecule has 0 fully saturated rings. The predicted octanol–water partition coefficient (Wildman–Crippen LogP) is 0.893. The van der Waals surface area contributed by atoms with Crippen molar-refractivity contribution in [1.82, 2.24) is 15.3 Å². The molecule has 0 bridgehead atoms. The van der Waals surface area contributed by atoms with E-state index in [4.69, 9.17) is 0 Å². The molecule has 70 valence electrons. The monoisotopic (exact) mass is 179 g/mol. The second kappa shape index (κ2) is 5.24. The van der Waals surface area contributed by atoms with E-state index in [1.165, 1.54) is 0 Å². The van der Waals surface area contributed by atoms with E-state index in [0.29, 0.717) is 13.0 Å². The predicted molar refractivity (Wildman–Crippen MR) is 48.8 cm³/mol. The Morgan fingerprint density at radius 3 is 3.00 bits per heavy atom. The molecule has 0 spiro atoms. The van der Waals surface area contributed by atoms with Gasteiger partial charge in [0, 0.05) is 18.8 Å². The molecule has 0 aliphatic heterocycles. The lowest BCUT2D eigenvalue weighted by Gasteiger charge is -2.02. The van der Waals surface area contributed by atoms with Gasteiger partial charge in [0.15, 0.2) is 0 Å². The molecule has 0 aliphatic rings. The first kappa shape index (κ1) is 9.64. The number of carbonyl (C=O) groups excluding carboxylic acids is 1. The van der Waals surface area contributed by atoms with Gasteiger partial charge in [-0.25, -0.2) is 0 Å². The minimum atomic E-state index is 0.0631. The van der Waals surface area contributed by atoms with Crippen LogP contribution in [0.5, 0.6) is 0 Å². The van der Waals surface area contributed by atoms with Gasteiger partial charge < -0.3 is 5.32 Å². The van der Waals surface area contributed by atoms with Crippen LogP contribution in [0, 0.1) is 0 Å². The molecular formula is C9H13N3O. The Morgan fingerprint density at radius 2 is 2.38 bits per heavy atom. The molecule has 0 aromatic carbocycles. The van der Waals surface area contributed by atoms with E-state index < -0.39 is 0 Å². The third kappa shape index (κ3) is 3.64. The molecule has 0 saturated carbocycles. The molecule has 13 heavy (non-hydrogen) atoms. The first-order valence-electron chi connectivity index (χ1n) is 4.34. The van der Waals surface area contributed by atoms with Crippen molar-refractivity contribution < 1.29 is 4.79 Å². The second-order valence-corrected chi connectivity index (χ2v) is 2.72. The number of rotatable bonds is 4. The first-order chi connectivity index (χ1) is 6.33. The molecule has 1 heterocycles. The van der Waals surface area contributed by atoms with Crippen molar-refractivity contribution in [2.75, 3.05) is 0 Å². The van der Waals surface area contributed by atoms with Crippen LogP contribution in [0.15, 0.2) is 18.6 Å². The highest BCUT2D eigenvalue weighted by atomic mass is 16.1. The SMILES string of the molecule is CCCC(=O)NCc1cnccn1. The quantitative estimate of drug-likeness (QED) is 0.746.